The van der Waals surface area contributed by atoms with Crippen LogP contribution in [0.2, 0.25) is 0 Å². The van der Waals surface area contributed by atoms with Gasteiger partial charge < -0.3 is 25.1 Å². The Balaban J connectivity index is 1.58. The van der Waals surface area contributed by atoms with Gasteiger partial charge in [0, 0.05) is 11.5 Å². The summed E-state index contributed by atoms with van der Waals surface area (Å²) in [6, 6.07) is 11.5. The fourth-order valence-electron chi connectivity index (χ4n) is 4.58. The molecular formula is C25H29N5O3. The number of aromatic amines is 1. The van der Waals surface area contributed by atoms with E-state index in [4.69, 9.17) is 20.3 Å². The number of ether oxygens (including phenoxy) is 2. The van der Waals surface area contributed by atoms with Gasteiger partial charge in [0.2, 0.25) is 0 Å². The molecule has 8 nitrogen and oxygen atoms in total. The number of nitrogens with zero attached hydrogens (tertiary/aromatic N) is 3. The molecule has 0 bridgehead atoms. The van der Waals surface area contributed by atoms with Crippen molar-refractivity contribution in [3.63, 3.8) is 0 Å². The summed E-state index contributed by atoms with van der Waals surface area (Å²) in [5.74, 6) is 2.04. The van der Waals surface area contributed by atoms with Gasteiger partial charge in [-0.1, -0.05) is 18.2 Å². The zero-order chi connectivity index (χ0) is 23.1. The number of likely N-dealkylation sites (tertiary alicyclic amines) is 1. The molecule has 5 rings (SSSR count). The molecule has 4 aromatic rings. The summed E-state index contributed by atoms with van der Waals surface area (Å²) in [5, 5.41) is 5.86. The first-order chi connectivity index (χ1) is 16.0. The van der Waals surface area contributed by atoms with Crippen LogP contribution in [0.25, 0.3) is 27.5 Å². The van der Waals surface area contributed by atoms with Crippen molar-refractivity contribution in [2.24, 2.45) is 5.92 Å². The van der Waals surface area contributed by atoms with Crippen molar-refractivity contribution >= 4 is 27.6 Å². The van der Waals surface area contributed by atoms with E-state index in [9.17, 15) is 4.79 Å². The molecule has 8 heteroatoms. The van der Waals surface area contributed by atoms with E-state index in [0.717, 1.165) is 42.6 Å². The van der Waals surface area contributed by atoms with Crippen molar-refractivity contribution in [1.82, 2.24) is 19.7 Å². The Morgan fingerprint density at radius 2 is 1.94 bits per heavy atom. The van der Waals surface area contributed by atoms with Gasteiger partial charge in [0.1, 0.15) is 16.7 Å². The van der Waals surface area contributed by atoms with Crippen LogP contribution in [0.15, 0.2) is 41.2 Å². The predicted molar refractivity (Wildman–Crippen MR) is 131 cm³/mol. The van der Waals surface area contributed by atoms with E-state index in [1.165, 1.54) is 0 Å². The van der Waals surface area contributed by atoms with Crippen LogP contribution in [-0.4, -0.2) is 53.5 Å². The van der Waals surface area contributed by atoms with Gasteiger partial charge in [-0.15, -0.1) is 0 Å². The molecule has 2 aromatic carbocycles. The molecule has 1 aliphatic rings. The Bertz CT molecular complexity index is 1380. The second-order valence-corrected chi connectivity index (χ2v) is 8.87. The molecule has 0 saturated carbocycles. The number of nitrogens with one attached hydrogen (secondary N) is 1. The highest BCUT2D eigenvalue weighted by molar-refractivity contribution is 6.07. The highest BCUT2D eigenvalue weighted by atomic mass is 16.5. The number of hydrogen-bond donors (Lipinski definition) is 2. The molecule has 0 spiro atoms. The fraction of sp³-hybridized carbons (Fsp3) is 0.360. The molecule has 0 radical (unpaired) electrons. The first-order valence-electron chi connectivity index (χ1n) is 11.3. The molecule has 1 fully saturated rings. The number of benzene rings is 2. The molecule has 0 atom stereocenters. The smallest absolute Gasteiger partial charge is 0.261 e. The summed E-state index contributed by atoms with van der Waals surface area (Å²) in [7, 11) is 3.76. The van der Waals surface area contributed by atoms with Crippen molar-refractivity contribution in [1.29, 1.82) is 0 Å². The molecular weight excluding hydrogens is 418 g/mol. The minimum atomic E-state index is -0.277. The number of nitrogens with two attached hydrogens (primary N) is 1. The van der Waals surface area contributed by atoms with Crippen molar-refractivity contribution in [2.75, 3.05) is 39.6 Å². The highest BCUT2D eigenvalue weighted by Crippen LogP contribution is 2.36. The van der Waals surface area contributed by atoms with Crippen LogP contribution in [-0.2, 0) is 0 Å². The number of hydrogen-bond acceptors (Lipinski definition) is 6. The Morgan fingerprint density at radius 3 is 2.67 bits per heavy atom. The largest absolute Gasteiger partial charge is 0.493 e. The van der Waals surface area contributed by atoms with E-state index < -0.39 is 0 Å². The lowest BCUT2D eigenvalue weighted by molar-refractivity contribution is 0.157. The molecule has 0 unspecified atom stereocenters. The lowest BCUT2D eigenvalue weighted by Crippen LogP contribution is -2.32. The summed E-state index contributed by atoms with van der Waals surface area (Å²) >= 11 is 0. The molecule has 33 heavy (non-hydrogen) atoms. The lowest BCUT2D eigenvalue weighted by Gasteiger charge is -2.28. The van der Waals surface area contributed by atoms with E-state index in [0.29, 0.717) is 46.3 Å². The van der Waals surface area contributed by atoms with Gasteiger partial charge in [-0.3, -0.25) is 4.79 Å². The monoisotopic (exact) mass is 447 g/mol. The Labute approximate surface area is 191 Å². The minimum absolute atomic E-state index is 0.277. The van der Waals surface area contributed by atoms with Crippen LogP contribution in [0, 0.1) is 12.8 Å². The molecule has 3 heterocycles. The van der Waals surface area contributed by atoms with Crippen LogP contribution >= 0.6 is 0 Å². The first kappa shape index (κ1) is 21.3. The number of nitrogen functional groups attached to an aromatic ring is 1. The van der Waals surface area contributed by atoms with Crippen LogP contribution in [0.5, 0.6) is 11.5 Å². The predicted octanol–water partition coefficient (Wildman–Crippen LogP) is 3.49. The number of rotatable bonds is 5. The Morgan fingerprint density at radius 1 is 1.18 bits per heavy atom. The third kappa shape index (κ3) is 3.80. The Kier molecular flexibility index (Phi) is 5.46. The highest BCUT2D eigenvalue weighted by Gasteiger charge is 2.21. The normalized spacial score (nSPS) is 15.4. The van der Waals surface area contributed by atoms with Gasteiger partial charge in [-0.25, -0.2) is 4.68 Å². The molecule has 0 aliphatic carbocycles. The van der Waals surface area contributed by atoms with Gasteiger partial charge in [0.15, 0.2) is 11.5 Å². The number of para-hydroxylation sites is 1. The summed E-state index contributed by atoms with van der Waals surface area (Å²) < 4.78 is 13.4. The van der Waals surface area contributed by atoms with Crippen LogP contribution in [0.4, 0.5) is 5.82 Å². The zero-order valence-electron chi connectivity index (χ0n) is 19.2. The van der Waals surface area contributed by atoms with Crippen LogP contribution < -0.4 is 20.8 Å². The molecule has 0 amide bonds. The lowest BCUT2D eigenvalue weighted by atomic mass is 9.98. The van der Waals surface area contributed by atoms with E-state index in [1.54, 1.807) is 11.8 Å². The molecule has 3 N–H and O–H groups in total. The van der Waals surface area contributed by atoms with Gasteiger partial charge in [0.25, 0.3) is 5.56 Å². The fourth-order valence-corrected chi connectivity index (χ4v) is 4.58. The van der Waals surface area contributed by atoms with Crippen molar-refractivity contribution in [3.05, 3.63) is 52.3 Å². The third-order valence-corrected chi connectivity index (χ3v) is 6.61. The number of H-pyrrole nitrogens is 1. The number of methoxy groups -OCH3 is 1. The summed E-state index contributed by atoms with van der Waals surface area (Å²) in [6.07, 6.45) is 2.22. The number of anilines is 1. The average molecular weight is 448 g/mol. The standard InChI is InChI=1S/C25H29N5O3/c1-15-6-4-5-7-19(15)30-24(26)22-23(28-30)17-12-20(32-3)21(13-18(17)27-25(22)31)33-14-16-8-10-29(2)11-9-16/h4-7,12-13,16H,8-11,14,26H2,1-3H3,(H,27,31). The van der Waals surface area contributed by atoms with E-state index in [-0.39, 0.29) is 5.56 Å². The van der Waals surface area contributed by atoms with Crippen molar-refractivity contribution < 1.29 is 9.47 Å². The number of piperidine rings is 1. The van der Waals surface area contributed by atoms with Crippen molar-refractivity contribution in [3.8, 4) is 17.2 Å². The summed E-state index contributed by atoms with van der Waals surface area (Å²) in [5.41, 5.74) is 9.14. The van der Waals surface area contributed by atoms with E-state index in [1.807, 2.05) is 43.3 Å². The number of aromatic nitrogens is 3. The van der Waals surface area contributed by atoms with Gasteiger partial charge in [0.05, 0.1) is 24.9 Å². The maximum Gasteiger partial charge on any atom is 0.261 e. The van der Waals surface area contributed by atoms with Gasteiger partial charge in [-0.05, 0) is 63.5 Å². The van der Waals surface area contributed by atoms with Crippen LogP contribution in [0.1, 0.15) is 18.4 Å². The second kappa shape index (κ2) is 8.44. The molecule has 1 aliphatic heterocycles. The van der Waals surface area contributed by atoms with Crippen LogP contribution in [0.3, 0.4) is 0 Å². The van der Waals surface area contributed by atoms with E-state index >= 15 is 0 Å². The molecule has 2 aromatic heterocycles. The number of fused-ring (bicyclic) bond motifs is 3. The number of aryl methyl sites for hydroxylation is 1. The molecule has 1 saturated heterocycles. The molecule has 172 valence electrons. The Hall–Kier alpha value is -3.52. The number of pyridine rings is 1. The average Bonchev–Trinajstić information content (AvgIpc) is 3.16. The summed E-state index contributed by atoms with van der Waals surface area (Å²) in [4.78, 5) is 18.3. The summed E-state index contributed by atoms with van der Waals surface area (Å²) in [6.45, 7) is 4.77. The maximum absolute atomic E-state index is 13.0. The minimum Gasteiger partial charge on any atom is -0.493 e. The van der Waals surface area contributed by atoms with Crippen molar-refractivity contribution in [2.45, 2.75) is 19.8 Å². The zero-order valence-corrected chi connectivity index (χ0v) is 19.2. The topological polar surface area (TPSA) is 98.4 Å². The van der Waals surface area contributed by atoms with Gasteiger partial charge >= 0.3 is 0 Å². The maximum atomic E-state index is 13.0. The van der Waals surface area contributed by atoms with E-state index in [2.05, 4.69) is 16.9 Å². The van der Waals surface area contributed by atoms with Gasteiger partial charge in [-0.2, -0.15) is 5.10 Å². The second-order valence-electron chi connectivity index (χ2n) is 8.87. The third-order valence-electron chi connectivity index (χ3n) is 6.61. The SMILES string of the molecule is COc1cc2c(cc1OCC1CCN(C)CC1)[nH]c(=O)c1c(N)n(-c3ccccc3C)nc12. The quantitative estimate of drug-likeness (QED) is 0.486. The first-order valence-corrected chi connectivity index (χ1v) is 11.3.